The number of hydrogen-bond donors (Lipinski definition) is 0. The van der Waals surface area contributed by atoms with Crippen molar-refractivity contribution in [3.63, 3.8) is 0 Å². The Morgan fingerprint density at radius 2 is 2.04 bits per heavy atom. The summed E-state index contributed by atoms with van der Waals surface area (Å²) in [6.07, 6.45) is 2.95. The van der Waals surface area contributed by atoms with Crippen LogP contribution in [0.5, 0.6) is 0 Å². The van der Waals surface area contributed by atoms with Crippen molar-refractivity contribution >= 4 is 28.5 Å². The Hall–Kier alpha value is -1.52. The second kappa shape index (κ2) is 6.17. The number of aliphatic imine (C=N–C) groups is 1. The SMILES string of the molecule is CC[C@H]1CSC2=N[C@H](c3ccccn3)[C@@H](c3ccccc3Cl)N21. The number of thioether (sulfide) groups is 1. The highest BCUT2D eigenvalue weighted by molar-refractivity contribution is 8.14. The molecule has 0 saturated carbocycles. The minimum Gasteiger partial charge on any atom is -0.338 e. The molecule has 23 heavy (non-hydrogen) atoms. The molecule has 0 bridgehead atoms. The van der Waals surface area contributed by atoms with E-state index in [4.69, 9.17) is 16.6 Å². The number of aromatic nitrogens is 1. The molecule has 4 rings (SSSR count). The molecule has 2 aliphatic heterocycles. The molecule has 3 nitrogen and oxygen atoms in total. The van der Waals surface area contributed by atoms with Crippen LogP contribution < -0.4 is 0 Å². The summed E-state index contributed by atoms with van der Waals surface area (Å²) in [6, 6.07) is 14.8. The molecule has 1 saturated heterocycles. The first-order valence-corrected chi connectivity index (χ1v) is 9.30. The van der Waals surface area contributed by atoms with E-state index >= 15 is 0 Å². The summed E-state index contributed by atoms with van der Waals surface area (Å²) in [6.45, 7) is 2.24. The van der Waals surface area contributed by atoms with Crippen molar-refractivity contribution in [2.45, 2.75) is 31.5 Å². The van der Waals surface area contributed by atoms with Gasteiger partial charge < -0.3 is 4.90 Å². The van der Waals surface area contributed by atoms with Gasteiger partial charge in [0.15, 0.2) is 5.17 Å². The summed E-state index contributed by atoms with van der Waals surface area (Å²) >= 11 is 8.39. The molecule has 118 valence electrons. The lowest BCUT2D eigenvalue weighted by Gasteiger charge is -2.32. The minimum absolute atomic E-state index is 0.00736. The number of rotatable bonds is 3. The number of halogens is 1. The van der Waals surface area contributed by atoms with Crippen LogP contribution in [-0.2, 0) is 0 Å². The lowest BCUT2D eigenvalue weighted by molar-refractivity contribution is 0.255. The van der Waals surface area contributed by atoms with Crippen molar-refractivity contribution in [3.8, 4) is 0 Å². The van der Waals surface area contributed by atoms with Crippen LogP contribution in [0.15, 0.2) is 53.7 Å². The second-order valence-corrected chi connectivity index (χ2v) is 7.25. The molecule has 0 aliphatic carbocycles. The van der Waals surface area contributed by atoms with E-state index in [2.05, 4.69) is 35.0 Å². The zero-order valence-corrected chi connectivity index (χ0v) is 14.5. The third-order valence-corrected chi connectivity index (χ3v) is 6.02. The molecule has 0 amide bonds. The first-order valence-electron chi connectivity index (χ1n) is 7.94. The van der Waals surface area contributed by atoms with Gasteiger partial charge in [-0.1, -0.05) is 54.6 Å². The maximum Gasteiger partial charge on any atom is 0.160 e. The molecule has 2 aromatic rings. The normalized spacial score (nSPS) is 26.3. The van der Waals surface area contributed by atoms with Crippen LogP contribution in [-0.4, -0.2) is 26.8 Å². The van der Waals surface area contributed by atoms with Crippen molar-refractivity contribution in [2.75, 3.05) is 5.75 Å². The number of amidine groups is 1. The molecule has 3 atom stereocenters. The van der Waals surface area contributed by atoms with Crippen LogP contribution in [0.4, 0.5) is 0 Å². The Morgan fingerprint density at radius 1 is 1.22 bits per heavy atom. The Labute approximate surface area is 145 Å². The third kappa shape index (κ3) is 2.54. The fourth-order valence-electron chi connectivity index (χ4n) is 3.40. The highest BCUT2D eigenvalue weighted by Crippen LogP contribution is 2.49. The van der Waals surface area contributed by atoms with Gasteiger partial charge >= 0.3 is 0 Å². The Balaban J connectivity index is 1.82. The van der Waals surface area contributed by atoms with Gasteiger partial charge in [0, 0.05) is 23.0 Å². The predicted octanol–water partition coefficient (Wildman–Crippen LogP) is 4.71. The average molecular weight is 344 g/mol. The lowest BCUT2D eigenvalue weighted by Crippen LogP contribution is -2.35. The van der Waals surface area contributed by atoms with Gasteiger partial charge in [0.05, 0.1) is 11.7 Å². The van der Waals surface area contributed by atoms with E-state index in [9.17, 15) is 0 Å². The van der Waals surface area contributed by atoms with E-state index in [1.54, 1.807) is 0 Å². The summed E-state index contributed by atoms with van der Waals surface area (Å²) in [4.78, 5) is 12.0. The van der Waals surface area contributed by atoms with Crippen LogP contribution in [0.1, 0.15) is 36.7 Å². The predicted molar refractivity (Wildman–Crippen MR) is 97.0 cm³/mol. The van der Waals surface area contributed by atoms with E-state index in [1.807, 2.05) is 42.2 Å². The van der Waals surface area contributed by atoms with Gasteiger partial charge in [-0.3, -0.25) is 9.98 Å². The molecule has 1 fully saturated rings. The van der Waals surface area contributed by atoms with E-state index in [0.717, 1.165) is 33.6 Å². The van der Waals surface area contributed by atoms with Gasteiger partial charge in [-0.2, -0.15) is 0 Å². The third-order valence-electron chi connectivity index (χ3n) is 4.55. The van der Waals surface area contributed by atoms with Crippen LogP contribution in [0.2, 0.25) is 5.02 Å². The summed E-state index contributed by atoms with van der Waals surface area (Å²) in [5.74, 6) is 1.10. The number of pyridine rings is 1. The van der Waals surface area contributed by atoms with Crippen LogP contribution in [0.25, 0.3) is 0 Å². The topological polar surface area (TPSA) is 28.5 Å². The molecule has 2 aliphatic rings. The quantitative estimate of drug-likeness (QED) is 0.807. The summed E-state index contributed by atoms with van der Waals surface area (Å²) in [7, 11) is 0. The number of nitrogens with zero attached hydrogens (tertiary/aromatic N) is 3. The van der Waals surface area contributed by atoms with Gasteiger partial charge in [-0.25, -0.2) is 0 Å². The first kappa shape index (κ1) is 15.0. The average Bonchev–Trinajstić information content (AvgIpc) is 3.15. The summed E-state index contributed by atoms with van der Waals surface area (Å²) < 4.78 is 0. The van der Waals surface area contributed by atoms with Crippen LogP contribution in [0, 0.1) is 0 Å². The van der Waals surface area contributed by atoms with E-state index in [-0.39, 0.29) is 12.1 Å². The maximum absolute atomic E-state index is 6.53. The smallest absolute Gasteiger partial charge is 0.160 e. The number of benzene rings is 1. The standard InChI is InChI=1S/C18H18ClN3S/c1-2-12-11-23-18-21-16(15-9-5-6-10-20-15)17(22(12)18)13-7-3-4-8-14(13)19/h3-10,12,16-17H,2,11H2,1H3/t12-,16+,17+/m0/s1. The maximum atomic E-state index is 6.53. The molecule has 0 unspecified atom stereocenters. The number of hydrogen-bond acceptors (Lipinski definition) is 4. The Bertz CT molecular complexity index is 734. The Kier molecular flexibility index (Phi) is 4.04. The monoisotopic (exact) mass is 343 g/mol. The van der Waals surface area contributed by atoms with Crippen LogP contribution >= 0.6 is 23.4 Å². The molecule has 3 heterocycles. The zero-order valence-electron chi connectivity index (χ0n) is 12.9. The van der Waals surface area contributed by atoms with Crippen molar-refractivity contribution < 1.29 is 0 Å². The van der Waals surface area contributed by atoms with Crippen molar-refractivity contribution in [1.82, 2.24) is 9.88 Å². The van der Waals surface area contributed by atoms with Crippen molar-refractivity contribution in [2.24, 2.45) is 4.99 Å². The zero-order chi connectivity index (χ0) is 15.8. The molecule has 1 aromatic carbocycles. The highest BCUT2D eigenvalue weighted by Gasteiger charge is 2.45. The van der Waals surface area contributed by atoms with E-state index in [1.165, 1.54) is 0 Å². The highest BCUT2D eigenvalue weighted by atomic mass is 35.5. The summed E-state index contributed by atoms with van der Waals surface area (Å²) in [5.41, 5.74) is 2.15. The van der Waals surface area contributed by atoms with Gasteiger partial charge in [0.2, 0.25) is 0 Å². The molecule has 1 aromatic heterocycles. The fourth-order valence-corrected chi connectivity index (χ4v) is 4.99. The fraction of sp³-hybridized carbons (Fsp3) is 0.333. The molecule has 0 N–H and O–H groups in total. The molecule has 0 radical (unpaired) electrons. The Morgan fingerprint density at radius 3 is 2.78 bits per heavy atom. The minimum atomic E-state index is 0.00736. The van der Waals surface area contributed by atoms with Crippen molar-refractivity contribution in [3.05, 3.63) is 64.9 Å². The van der Waals surface area contributed by atoms with Gasteiger partial charge in [-0.15, -0.1) is 0 Å². The lowest BCUT2D eigenvalue weighted by atomic mass is 9.95. The second-order valence-electron chi connectivity index (χ2n) is 5.86. The van der Waals surface area contributed by atoms with Gasteiger partial charge in [0.25, 0.3) is 0 Å². The van der Waals surface area contributed by atoms with E-state index < -0.39 is 0 Å². The first-order chi connectivity index (χ1) is 11.3. The molecule has 0 spiro atoms. The van der Waals surface area contributed by atoms with Gasteiger partial charge in [0.1, 0.15) is 6.04 Å². The molecular weight excluding hydrogens is 326 g/mol. The molecular formula is C18H18ClN3S. The van der Waals surface area contributed by atoms with Crippen molar-refractivity contribution in [1.29, 1.82) is 0 Å². The van der Waals surface area contributed by atoms with E-state index in [0.29, 0.717) is 6.04 Å². The van der Waals surface area contributed by atoms with Crippen LogP contribution in [0.3, 0.4) is 0 Å². The largest absolute Gasteiger partial charge is 0.338 e. The summed E-state index contributed by atoms with van der Waals surface area (Å²) in [5, 5.41) is 1.94. The number of fused-ring (bicyclic) bond motifs is 1. The molecule has 5 heteroatoms. The van der Waals surface area contributed by atoms with Gasteiger partial charge in [-0.05, 0) is 30.2 Å².